The lowest BCUT2D eigenvalue weighted by Crippen LogP contribution is -2.36. The summed E-state index contributed by atoms with van der Waals surface area (Å²) in [5.74, 6) is -0.402. The molecule has 5 heteroatoms. The van der Waals surface area contributed by atoms with E-state index < -0.39 is 5.97 Å². The smallest absolute Gasteiger partial charge is 0.317 e. The summed E-state index contributed by atoms with van der Waals surface area (Å²) in [6.07, 6.45) is 2.55. The molecular weight excluding hydrogens is 220 g/mol. The Labute approximate surface area is 102 Å². The van der Waals surface area contributed by atoms with E-state index in [1.54, 1.807) is 0 Å². The molecule has 1 amide bonds. The minimum atomic E-state index is -0.840. The Kier molecular flexibility index (Phi) is 5.41. The molecule has 0 bridgehead atoms. The molecule has 1 aliphatic carbocycles. The molecular formula is C12H22N2O3. The third-order valence-corrected chi connectivity index (χ3v) is 2.58. The molecule has 1 fully saturated rings. The fourth-order valence-corrected chi connectivity index (χ4v) is 1.73. The molecule has 2 N–H and O–H groups in total. The van der Waals surface area contributed by atoms with Crippen molar-refractivity contribution in [3.8, 4) is 0 Å². The summed E-state index contributed by atoms with van der Waals surface area (Å²) >= 11 is 0. The average molecular weight is 242 g/mol. The molecule has 0 atom stereocenters. The minimum absolute atomic E-state index is 0.00882. The third-order valence-electron chi connectivity index (χ3n) is 2.58. The van der Waals surface area contributed by atoms with Crippen LogP contribution in [0.15, 0.2) is 0 Å². The fourth-order valence-electron chi connectivity index (χ4n) is 1.73. The van der Waals surface area contributed by atoms with E-state index in [1.807, 2.05) is 18.7 Å². The van der Waals surface area contributed by atoms with Crippen LogP contribution in [0.5, 0.6) is 0 Å². The van der Waals surface area contributed by atoms with Gasteiger partial charge in [0.1, 0.15) is 0 Å². The van der Waals surface area contributed by atoms with Crippen molar-refractivity contribution < 1.29 is 14.7 Å². The fraction of sp³-hybridized carbons (Fsp3) is 0.833. The van der Waals surface area contributed by atoms with E-state index in [-0.39, 0.29) is 12.5 Å². The first-order chi connectivity index (χ1) is 7.97. The number of aliphatic carboxylic acids is 1. The van der Waals surface area contributed by atoms with Crippen molar-refractivity contribution in [3.63, 3.8) is 0 Å². The SMILES string of the molecule is CC(C)CN(CCC(=O)NC1CC1)CC(=O)O. The molecule has 5 nitrogen and oxygen atoms in total. The Balaban J connectivity index is 2.25. The summed E-state index contributed by atoms with van der Waals surface area (Å²) in [5, 5.41) is 11.7. The molecule has 17 heavy (non-hydrogen) atoms. The number of carboxylic acids is 1. The summed E-state index contributed by atoms with van der Waals surface area (Å²) in [6.45, 7) is 5.32. The van der Waals surface area contributed by atoms with E-state index >= 15 is 0 Å². The van der Waals surface area contributed by atoms with Gasteiger partial charge in [-0.15, -0.1) is 0 Å². The Morgan fingerprint density at radius 3 is 2.53 bits per heavy atom. The number of nitrogens with one attached hydrogen (secondary N) is 1. The lowest BCUT2D eigenvalue weighted by atomic mass is 10.2. The summed E-state index contributed by atoms with van der Waals surface area (Å²) in [7, 11) is 0. The maximum absolute atomic E-state index is 11.5. The van der Waals surface area contributed by atoms with Gasteiger partial charge in [-0.05, 0) is 18.8 Å². The Morgan fingerprint density at radius 1 is 1.41 bits per heavy atom. The second kappa shape index (κ2) is 6.59. The maximum Gasteiger partial charge on any atom is 0.317 e. The summed E-state index contributed by atoms with van der Waals surface area (Å²) < 4.78 is 0. The van der Waals surface area contributed by atoms with Gasteiger partial charge in [0.05, 0.1) is 6.54 Å². The van der Waals surface area contributed by atoms with Crippen molar-refractivity contribution in [1.29, 1.82) is 0 Å². The van der Waals surface area contributed by atoms with Gasteiger partial charge in [0.2, 0.25) is 5.91 Å². The highest BCUT2D eigenvalue weighted by atomic mass is 16.4. The molecule has 98 valence electrons. The minimum Gasteiger partial charge on any atom is -0.480 e. The lowest BCUT2D eigenvalue weighted by molar-refractivity contribution is -0.138. The van der Waals surface area contributed by atoms with Crippen LogP contribution in [0, 0.1) is 5.92 Å². The van der Waals surface area contributed by atoms with Gasteiger partial charge in [-0.1, -0.05) is 13.8 Å². The van der Waals surface area contributed by atoms with E-state index in [4.69, 9.17) is 5.11 Å². The number of rotatable bonds is 8. The predicted molar refractivity (Wildman–Crippen MR) is 64.7 cm³/mol. The first-order valence-electron chi connectivity index (χ1n) is 6.21. The summed E-state index contributed by atoms with van der Waals surface area (Å²) in [5.41, 5.74) is 0. The van der Waals surface area contributed by atoms with Gasteiger partial charge in [0, 0.05) is 25.6 Å². The van der Waals surface area contributed by atoms with E-state index in [0.29, 0.717) is 31.5 Å². The Bertz CT molecular complexity index is 275. The van der Waals surface area contributed by atoms with E-state index in [9.17, 15) is 9.59 Å². The second-order valence-electron chi connectivity index (χ2n) is 5.11. The number of carboxylic acid groups (broad SMARTS) is 1. The predicted octanol–water partition coefficient (Wildman–Crippen LogP) is 0.698. The zero-order chi connectivity index (χ0) is 12.8. The van der Waals surface area contributed by atoms with Gasteiger partial charge in [-0.25, -0.2) is 0 Å². The molecule has 0 spiro atoms. The van der Waals surface area contributed by atoms with Gasteiger partial charge >= 0.3 is 5.97 Å². The molecule has 0 unspecified atom stereocenters. The van der Waals surface area contributed by atoms with Gasteiger partial charge in [-0.2, -0.15) is 0 Å². The monoisotopic (exact) mass is 242 g/mol. The highest BCUT2D eigenvalue weighted by Crippen LogP contribution is 2.18. The van der Waals surface area contributed by atoms with Crippen LogP contribution in [0.4, 0.5) is 0 Å². The number of hydrogen-bond donors (Lipinski definition) is 2. The second-order valence-corrected chi connectivity index (χ2v) is 5.11. The van der Waals surface area contributed by atoms with Crippen LogP contribution >= 0.6 is 0 Å². The third kappa shape index (κ3) is 6.94. The van der Waals surface area contributed by atoms with Gasteiger partial charge in [0.15, 0.2) is 0 Å². The highest BCUT2D eigenvalue weighted by Gasteiger charge is 2.23. The van der Waals surface area contributed by atoms with Gasteiger partial charge in [0.25, 0.3) is 0 Å². The van der Waals surface area contributed by atoms with Crippen LogP contribution in [0.3, 0.4) is 0 Å². The van der Waals surface area contributed by atoms with Crippen LogP contribution in [-0.4, -0.2) is 47.6 Å². The van der Waals surface area contributed by atoms with Crippen LogP contribution in [0.2, 0.25) is 0 Å². The molecule has 0 saturated heterocycles. The van der Waals surface area contributed by atoms with Crippen molar-refractivity contribution >= 4 is 11.9 Å². The first-order valence-corrected chi connectivity index (χ1v) is 6.21. The van der Waals surface area contributed by atoms with E-state index in [2.05, 4.69) is 5.32 Å². The van der Waals surface area contributed by atoms with Crippen LogP contribution in [-0.2, 0) is 9.59 Å². The topological polar surface area (TPSA) is 69.6 Å². The number of carbonyl (C=O) groups is 2. The molecule has 1 rings (SSSR count). The molecule has 0 heterocycles. The zero-order valence-corrected chi connectivity index (χ0v) is 10.6. The number of carbonyl (C=O) groups excluding carboxylic acids is 1. The largest absolute Gasteiger partial charge is 0.480 e. The number of nitrogens with zero attached hydrogens (tertiary/aromatic N) is 1. The van der Waals surface area contributed by atoms with Crippen LogP contribution in [0.25, 0.3) is 0 Å². The number of hydrogen-bond acceptors (Lipinski definition) is 3. The molecule has 0 radical (unpaired) electrons. The van der Waals surface area contributed by atoms with Crippen molar-refractivity contribution in [2.45, 2.75) is 39.2 Å². The van der Waals surface area contributed by atoms with E-state index in [0.717, 1.165) is 12.8 Å². The maximum atomic E-state index is 11.5. The lowest BCUT2D eigenvalue weighted by Gasteiger charge is -2.21. The Hall–Kier alpha value is -1.10. The standard InChI is InChI=1S/C12H22N2O3/c1-9(2)7-14(8-12(16)17)6-5-11(15)13-10-3-4-10/h9-10H,3-8H2,1-2H3,(H,13,15)(H,16,17). The van der Waals surface area contributed by atoms with E-state index in [1.165, 1.54) is 0 Å². The van der Waals surface area contributed by atoms with Crippen LogP contribution in [0.1, 0.15) is 33.1 Å². The van der Waals surface area contributed by atoms with Gasteiger partial charge < -0.3 is 10.4 Å². The van der Waals surface area contributed by atoms with Crippen molar-refractivity contribution in [2.75, 3.05) is 19.6 Å². The Morgan fingerprint density at radius 2 is 2.06 bits per heavy atom. The molecule has 0 aromatic heterocycles. The average Bonchev–Trinajstić information content (AvgIpc) is 2.96. The molecule has 0 aromatic rings. The molecule has 1 saturated carbocycles. The van der Waals surface area contributed by atoms with Crippen molar-refractivity contribution in [2.24, 2.45) is 5.92 Å². The quantitative estimate of drug-likeness (QED) is 0.657. The van der Waals surface area contributed by atoms with Gasteiger partial charge in [-0.3, -0.25) is 14.5 Å². The molecule has 0 aromatic carbocycles. The highest BCUT2D eigenvalue weighted by molar-refractivity contribution is 5.76. The normalized spacial score (nSPS) is 15.3. The van der Waals surface area contributed by atoms with Crippen molar-refractivity contribution in [3.05, 3.63) is 0 Å². The summed E-state index contributed by atoms with van der Waals surface area (Å²) in [6, 6.07) is 0.375. The van der Waals surface area contributed by atoms with Crippen molar-refractivity contribution in [1.82, 2.24) is 10.2 Å². The summed E-state index contributed by atoms with van der Waals surface area (Å²) in [4.78, 5) is 24.0. The first kappa shape index (κ1) is 14.0. The molecule has 1 aliphatic rings. The number of amides is 1. The zero-order valence-electron chi connectivity index (χ0n) is 10.6. The van der Waals surface area contributed by atoms with Crippen LogP contribution < -0.4 is 5.32 Å². The molecule has 0 aliphatic heterocycles.